The second kappa shape index (κ2) is 5.39. The predicted octanol–water partition coefficient (Wildman–Crippen LogP) is 2.04. The van der Waals surface area contributed by atoms with Gasteiger partial charge in [-0.3, -0.25) is 0 Å². The molecule has 0 heterocycles. The van der Waals surface area contributed by atoms with Gasteiger partial charge in [-0.1, -0.05) is 19.1 Å². The highest BCUT2D eigenvalue weighted by Crippen LogP contribution is 2.25. The van der Waals surface area contributed by atoms with Crippen molar-refractivity contribution in [1.82, 2.24) is 0 Å². The van der Waals surface area contributed by atoms with E-state index >= 15 is 0 Å². The third-order valence-electron chi connectivity index (χ3n) is 2.11. The Labute approximate surface area is 89.0 Å². The molecule has 0 fully saturated rings. The topological polar surface area (TPSA) is 40.5 Å². The van der Waals surface area contributed by atoms with Crippen molar-refractivity contribution in [2.45, 2.75) is 36.7 Å². The highest BCUT2D eigenvalue weighted by molar-refractivity contribution is 8.00. The van der Waals surface area contributed by atoms with Crippen molar-refractivity contribution < 1.29 is 10.2 Å². The van der Waals surface area contributed by atoms with E-state index in [1.807, 2.05) is 31.2 Å². The summed E-state index contributed by atoms with van der Waals surface area (Å²) < 4.78 is 0. The maximum absolute atomic E-state index is 9.32. The van der Waals surface area contributed by atoms with Gasteiger partial charge in [0.2, 0.25) is 0 Å². The molecule has 2 nitrogen and oxygen atoms in total. The summed E-state index contributed by atoms with van der Waals surface area (Å²) in [6.07, 6.45) is -0.308. The van der Waals surface area contributed by atoms with Crippen LogP contribution >= 0.6 is 11.8 Å². The van der Waals surface area contributed by atoms with Gasteiger partial charge in [0.1, 0.15) is 0 Å². The fourth-order valence-corrected chi connectivity index (χ4v) is 1.91. The molecular weight excluding hydrogens is 196 g/mol. The standard InChI is InChI=1S/C11H16O2S/c1-8(13)9(2)14-11-5-3-10(7-12)4-6-11/h3-6,8-9,12-13H,7H2,1-2H3. The average molecular weight is 212 g/mol. The van der Waals surface area contributed by atoms with Crippen LogP contribution in [0.5, 0.6) is 0 Å². The minimum atomic E-state index is -0.308. The smallest absolute Gasteiger partial charge is 0.0681 e. The normalized spacial score (nSPS) is 15.1. The van der Waals surface area contributed by atoms with E-state index in [9.17, 15) is 5.11 Å². The van der Waals surface area contributed by atoms with Gasteiger partial charge in [0.25, 0.3) is 0 Å². The Morgan fingerprint density at radius 2 is 1.79 bits per heavy atom. The highest BCUT2D eigenvalue weighted by atomic mass is 32.2. The van der Waals surface area contributed by atoms with E-state index in [1.165, 1.54) is 0 Å². The van der Waals surface area contributed by atoms with Gasteiger partial charge >= 0.3 is 0 Å². The van der Waals surface area contributed by atoms with Crippen LogP contribution in [0.3, 0.4) is 0 Å². The van der Waals surface area contributed by atoms with Gasteiger partial charge in [-0.05, 0) is 24.6 Å². The molecule has 2 N–H and O–H groups in total. The van der Waals surface area contributed by atoms with Crippen molar-refractivity contribution in [1.29, 1.82) is 0 Å². The van der Waals surface area contributed by atoms with Crippen LogP contribution in [0, 0.1) is 0 Å². The number of rotatable bonds is 4. The first-order valence-electron chi connectivity index (χ1n) is 4.68. The number of hydrogen-bond acceptors (Lipinski definition) is 3. The molecule has 0 aliphatic heterocycles. The lowest BCUT2D eigenvalue weighted by atomic mass is 10.2. The molecule has 2 atom stereocenters. The molecule has 0 saturated heterocycles. The van der Waals surface area contributed by atoms with Crippen molar-refractivity contribution >= 4 is 11.8 Å². The molecule has 0 aliphatic rings. The van der Waals surface area contributed by atoms with E-state index < -0.39 is 0 Å². The lowest BCUT2D eigenvalue weighted by Gasteiger charge is -2.13. The van der Waals surface area contributed by atoms with Gasteiger partial charge in [-0.25, -0.2) is 0 Å². The fraction of sp³-hybridized carbons (Fsp3) is 0.455. The van der Waals surface area contributed by atoms with Crippen molar-refractivity contribution in [2.24, 2.45) is 0 Å². The van der Waals surface area contributed by atoms with Crippen LogP contribution < -0.4 is 0 Å². The fourth-order valence-electron chi connectivity index (χ4n) is 0.987. The first-order valence-corrected chi connectivity index (χ1v) is 5.56. The van der Waals surface area contributed by atoms with E-state index in [0.717, 1.165) is 10.5 Å². The summed E-state index contributed by atoms with van der Waals surface area (Å²) in [6, 6.07) is 7.73. The van der Waals surface area contributed by atoms with Crippen molar-refractivity contribution in [3.63, 3.8) is 0 Å². The van der Waals surface area contributed by atoms with Crippen LogP contribution in [0.25, 0.3) is 0 Å². The molecule has 0 radical (unpaired) electrons. The predicted molar refractivity (Wildman–Crippen MR) is 59.4 cm³/mol. The second-order valence-electron chi connectivity index (χ2n) is 3.37. The van der Waals surface area contributed by atoms with Crippen molar-refractivity contribution in [3.05, 3.63) is 29.8 Å². The number of hydrogen-bond donors (Lipinski definition) is 2. The molecule has 0 saturated carbocycles. The molecule has 3 heteroatoms. The van der Waals surface area contributed by atoms with Crippen LogP contribution in [-0.4, -0.2) is 21.6 Å². The second-order valence-corrected chi connectivity index (χ2v) is 4.82. The molecule has 0 spiro atoms. The molecule has 0 bridgehead atoms. The van der Waals surface area contributed by atoms with Crippen molar-refractivity contribution in [2.75, 3.05) is 0 Å². The SMILES string of the molecule is CC(O)C(C)Sc1ccc(CO)cc1. The summed E-state index contributed by atoms with van der Waals surface area (Å²) in [5.41, 5.74) is 0.916. The zero-order valence-corrected chi connectivity index (χ0v) is 9.29. The minimum absolute atomic E-state index is 0.0803. The number of aliphatic hydroxyl groups excluding tert-OH is 2. The van der Waals surface area contributed by atoms with E-state index in [-0.39, 0.29) is 18.0 Å². The summed E-state index contributed by atoms with van der Waals surface area (Å²) in [7, 11) is 0. The third kappa shape index (κ3) is 3.33. The van der Waals surface area contributed by atoms with Crippen LogP contribution in [0.1, 0.15) is 19.4 Å². The summed E-state index contributed by atoms with van der Waals surface area (Å²) in [5, 5.41) is 18.4. The van der Waals surface area contributed by atoms with Crippen LogP contribution in [0.2, 0.25) is 0 Å². The van der Waals surface area contributed by atoms with Crippen LogP contribution in [0.15, 0.2) is 29.2 Å². The van der Waals surface area contributed by atoms with Gasteiger partial charge in [-0.15, -0.1) is 11.8 Å². The molecule has 0 aromatic heterocycles. The van der Waals surface area contributed by atoms with Crippen molar-refractivity contribution in [3.8, 4) is 0 Å². The average Bonchev–Trinajstić information content (AvgIpc) is 2.19. The maximum atomic E-state index is 9.32. The number of thioether (sulfide) groups is 1. The third-order valence-corrected chi connectivity index (χ3v) is 3.42. The van der Waals surface area contributed by atoms with Gasteiger partial charge in [0.05, 0.1) is 12.7 Å². The molecular formula is C11H16O2S. The van der Waals surface area contributed by atoms with E-state index in [1.54, 1.807) is 18.7 Å². The minimum Gasteiger partial charge on any atom is -0.392 e. The molecule has 1 aromatic rings. The van der Waals surface area contributed by atoms with Gasteiger partial charge in [-0.2, -0.15) is 0 Å². The highest BCUT2D eigenvalue weighted by Gasteiger charge is 2.09. The lowest BCUT2D eigenvalue weighted by Crippen LogP contribution is -2.14. The Kier molecular flexibility index (Phi) is 4.45. The Hall–Kier alpha value is -0.510. The zero-order chi connectivity index (χ0) is 10.6. The quantitative estimate of drug-likeness (QED) is 0.750. The van der Waals surface area contributed by atoms with Gasteiger partial charge in [0.15, 0.2) is 0 Å². The Bertz CT molecular complexity index is 269. The Morgan fingerprint density at radius 3 is 2.21 bits per heavy atom. The van der Waals surface area contributed by atoms with Crippen LogP contribution in [-0.2, 0) is 6.61 Å². The molecule has 14 heavy (non-hydrogen) atoms. The largest absolute Gasteiger partial charge is 0.392 e. The number of benzene rings is 1. The van der Waals surface area contributed by atoms with E-state index in [2.05, 4.69) is 0 Å². The molecule has 0 amide bonds. The van der Waals surface area contributed by atoms with Crippen LogP contribution in [0.4, 0.5) is 0 Å². The number of aliphatic hydroxyl groups is 2. The molecule has 1 aromatic carbocycles. The molecule has 78 valence electrons. The maximum Gasteiger partial charge on any atom is 0.0681 e. The zero-order valence-electron chi connectivity index (χ0n) is 8.47. The molecule has 2 unspecified atom stereocenters. The first-order chi connectivity index (χ1) is 6.63. The monoisotopic (exact) mass is 212 g/mol. The lowest BCUT2D eigenvalue weighted by molar-refractivity contribution is 0.196. The summed E-state index contributed by atoms with van der Waals surface area (Å²) in [5.74, 6) is 0. The summed E-state index contributed by atoms with van der Waals surface area (Å²) in [4.78, 5) is 1.12. The van der Waals surface area contributed by atoms with Gasteiger partial charge in [0, 0.05) is 10.1 Å². The first kappa shape index (κ1) is 11.6. The molecule has 1 rings (SSSR count). The Balaban J connectivity index is 2.59. The van der Waals surface area contributed by atoms with Gasteiger partial charge < -0.3 is 10.2 Å². The summed E-state index contributed by atoms with van der Waals surface area (Å²) >= 11 is 1.64. The van der Waals surface area contributed by atoms with E-state index in [4.69, 9.17) is 5.11 Å². The summed E-state index contributed by atoms with van der Waals surface area (Å²) in [6.45, 7) is 3.87. The molecule has 0 aliphatic carbocycles. The van der Waals surface area contributed by atoms with E-state index in [0.29, 0.717) is 0 Å². The Morgan fingerprint density at radius 1 is 1.21 bits per heavy atom.